The predicted octanol–water partition coefficient (Wildman–Crippen LogP) is -0.226. The minimum absolute atomic E-state index is 0.287. The summed E-state index contributed by atoms with van der Waals surface area (Å²) in [7, 11) is 0.185. The summed E-state index contributed by atoms with van der Waals surface area (Å²) < 4.78 is 28.8. The van der Waals surface area contributed by atoms with Gasteiger partial charge in [0, 0.05) is 38.4 Å². The van der Waals surface area contributed by atoms with E-state index in [-0.39, 0.29) is 4.90 Å². The molecule has 2 aromatic rings. The molecule has 0 atom stereocenters. The molecule has 0 aromatic carbocycles. The van der Waals surface area contributed by atoms with E-state index in [2.05, 4.69) is 25.2 Å². The predicted molar refractivity (Wildman–Crippen MR) is 78.1 cm³/mol. The van der Waals surface area contributed by atoms with E-state index >= 15 is 0 Å². The first-order valence-electron chi connectivity index (χ1n) is 6.66. The Bertz CT molecular complexity index is 662. The van der Waals surface area contributed by atoms with Crippen molar-refractivity contribution >= 4 is 10.0 Å². The van der Waals surface area contributed by atoms with Crippen LogP contribution in [0.5, 0.6) is 0 Å². The van der Waals surface area contributed by atoms with Gasteiger partial charge < -0.3 is 9.88 Å². The van der Waals surface area contributed by atoms with Crippen LogP contribution in [0.3, 0.4) is 0 Å². The molecule has 2 heterocycles. The number of hydrogen-bond acceptors (Lipinski definition) is 5. The summed E-state index contributed by atoms with van der Waals surface area (Å²) >= 11 is 0. The fraction of sp³-hybridized carbons (Fsp3) is 0.500. The molecule has 21 heavy (non-hydrogen) atoms. The lowest BCUT2D eigenvalue weighted by molar-refractivity contribution is 0.578. The molecule has 3 N–H and O–H groups in total. The smallest absolute Gasteiger partial charge is 0.242 e. The number of nitrogens with one attached hydrogen (secondary N) is 3. The third-order valence-electron chi connectivity index (χ3n) is 3.10. The Morgan fingerprint density at radius 3 is 2.90 bits per heavy atom. The molecule has 2 rings (SSSR count). The van der Waals surface area contributed by atoms with E-state index in [0.717, 1.165) is 11.5 Å². The van der Waals surface area contributed by atoms with Gasteiger partial charge in [-0.1, -0.05) is 0 Å². The molecule has 0 radical (unpaired) electrons. The van der Waals surface area contributed by atoms with Gasteiger partial charge >= 0.3 is 0 Å². The molecule has 116 valence electrons. The number of nitrogens with zero attached hydrogens (tertiary/aromatic N) is 3. The van der Waals surface area contributed by atoms with Crippen LogP contribution in [0.25, 0.3) is 0 Å². The highest BCUT2D eigenvalue weighted by Crippen LogP contribution is 2.13. The minimum atomic E-state index is -3.47. The average Bonchev–Trinajstić information content (AvgIpc) is 3.06. The molecular weight excluding hydrogens is 292 g/mol. The first-order valence-corrected chi connectivity index (χ1v) is 8.15. The van der Waals surface area contributed by atoms with Crippen LogP contribution in [0.1, 0.15) is 17.9 Å². The van der Waals surface area contributed by atoms with E-state index in [0.29, 0.717) is 25.9 Å². The molecule has 0 unspecified atom stereocenters. The highest BCUT2D eigenvalue weighted by Gasteiger charge is 2.16. The lowest BCUT2D eigenvalue weighted by Gasteiger charge is -2.03. The second kappa shape index (κ2) is 6.83. The monoisotopic (exact) mass is 312 g/mol. The first kappa shape index (κ1) is 15.7. The van der Waals surface area contributed by atoms with Gasteiger partial charge in [-0.25, -0.2) is 18.1 Å². The van der Waals surface area contributed by atoms with Crippen molar-refractivity contribution in [2.75, 3.05) is 13.6 Å². The zero-order chi connectivity index (χ0) is 15.3. The molecule has 2 aromatic heterocycles. The summed E-state index contributed by atoms with van der Waals surface area (Å²) in [6, 6.07) is 1.68. The Kier molecular flexibility index (Phi) is 5.10. The van der Waals surface area contributed by atoms with Crippen molar-refractivity contribution in [2.45, 2.75) is 24.3 Å². The van der Waals surface area contributed by atoms with Crippen LogP contribution in [-0.4, -0.2) is 41.8 Å². The Morgan fingerprint density at radius 2 is 2.24 bits per heavy atom. The third-order valence-corrected chi connectivity index (χ3v) is 4.53. The van der Waals surface area contributed by atoms with Gasteiger partial charge in [0.25, 0.3) is 0 Å². The molecule has 0 saturated heterocycles. The number of sulfonamides is 1. The van der Waals surface area contributed by atoms with E-state index < -0.39 is 10.0 Å². The normalized spacial score (nSPS) is 11.9. The quantitative estimate of drug-likeness (QED) is 0.584. The summed E-state index contributed by atoms with van der Waals surface area (Å²) in [5, 5.41) is 9.49. The molecule has 0 aliphatic heterocycles. The molecule has 0 fully saturated rings. The van der Waals surface area contributed by atoms with Gasteiger partial charge in [-0.15, -0.1) is 0 Å². The third kappa shape index (κ3) is 4.13. The molecule has 8 nitrogen and oxygen atoms in total. The Hall–Kier alpha value is -1.71. The van der Waals surface area contributed by atoms with E-state index in [1.54, 1.807) is 16.8 Å². The standard InChI is InChI=1S/C12H20N6O2S/c1-13-7-10-6-11(8-18(10)2)21(19,20)16-5-3-4-12-14-9-15-17-12/h6,8-9,13,16H,3-5,7H2,1-2H3,(H,14,15,17). The van der Waals surface area contributed by atoms with Crippen molar-refractivity contribution in [1.29, 1.82) is 0 Å². The largest absolute Gasteiger partial charge is 0.352 e. The van der Waals surface area contributed by atoms with Crippen molar-refractivity contribution in [3.05, 3.63) is 30.1 Å². The van der Waals surface area contributed by atoms with Crippen LogP contribution in [0.15, 0.2) is 23.5 Å². The summed E-state index contributed by atoms with van der Waals surface area (Å²) in [5.41, 5.74) is 0.916. The maximum absolute atomic E-state index is 12.2. The molecule has 0 aliphatic rings. The molecular formula is C12H20N6O2S. The summed E-state index contributed by atoms with van der Waals surface area (Å²) in [6.45, 7) is 0.983. The fourth-order valence-electron chi connectivity index (χ4n) is 1.98. The second-order valence-corrected chi connectivity index (χ2v) is 6.51. The SMILES string of the molecule is CNCc1cc(S(=O)(=O)NCCCc2ncn[nH]2)cn1C. The van der Waals surface area contributed by atoms with Crippen LogP contribution in [0.4, 0.5) is 0 Å². The molecule has 0 spiro atoms. The van der Waals surface area contributed by atoms with Gasteiger partial charge in [0.05, 0.1) is 4.90 Å². The lowest BCUT2D eigenvalue weighted by atomic mass is 10.3. The molecule has 0 bridgehead atoms. The number of aromatic amines is 1. The molecule has 0 amide bonds. The van der Waals surface area contributed by atoms with E-state index in [4.69, 9.17) is 0 Å². The second-order valence-electron chi connectivity index (χ2n) is 4.74. The van der Waals surface area contributed by atoms with Crippen molar-refractivity contribution in [3.8, 4) is 0 Å². The van der Waals surface area contributed by atoms with Crippen LogP contribution in [-0.2, 0) is 30.0 Å². The van der Waals surface area contributed by atoms with E-state index in [9.17, 15) is 8.42 Å². The highest BCUT2D eigenvalue weighted by atomic mass is 32.2. The van der Waals surface area contributed by atoms with Gasteiger partial charge in [-0.05, 0) is 19.5 Å². The number of hydrogen-bond donors (Lipinski definition) is 3. The Balaban J connectivity index is 1.90. The van der Waals surface area contributed by atoms with Gasteiger partial charge in [-0.3, -0.25) is 5.10 Å². The van der Waals surface area contributed by atoms with Gasteiger partial charge in [-0.2, -0.15) is 5.10 Å². The topological polar surface area (TPSA) is 105 Å². The van der Waals surface area contributed by atoms with Crippen LogP contribution in [0.2, 0.25) is 0 Å². The van der Waals surface area contributed by atoms with Crippen LogP contribution in [0, 0.1) is 0 Å². The number of H-pyrrole nitrogens is 1. The Morgan fingerprint density at radius 1 is 1.43 bits per heavy atom. The number of aryl methyl sites for hydroxylation is 2. The average molecular weight is 312 g/mol. The zero-order valence-electron chi connectivity index (χ0n) is 12.1. The highest BCUT2D eigenvalue weighted by molar-refractivity contribution is 7.89. The number of aromatic nitrogens is 4. The van der Waals surface area contributed by atoms with E-state index in [1.165, 1.54) is 6.33 Å². The number of rotatable bonds is 8. The van der Waals surface area contributed by atoms with Gasteiger partial charge in [0.2, 0.25) is 10.0 Å². The maximum atomic E-state index is 12.2. The fourth-order valence-corrected chi connectivity index (χ4v) is 3.15. The Labute approximate surface area is 124 Å². The van der Waals surface area contributed by atoms with Crippen molar-refractivity contribution < 1.29 is 8.42 Å². The molecule has 0 aliphatic carbocycles. The van der Waals surface area contributed by atoms with Crippen molar-refractivity contribution in [1.82, 2.24) is 29.8 Å². The lowest BCUT2D eigenvalue weighted by Crippen LogP contribution is -2.24. The van der Waals surface area contributed by atoms with Crippen LogP contribution >= 0.6 is 0 Å². The minimum Gasteiger partial charge on any atom is -0.352 e. The summed E-state index contributed by atoms with van der Waals surface area (Å²) in [4.78, 5) is 4.28. The molecule has 9 heteroatoms. The van der Waals surface area contributed by atoms with E-state index in [1.807, 2.05) is 14.1 Å². The summed E-state index contributed by atoms with van der Waals surface area (Å²) in [6.07, 6.45) is 4.37. The van der Waals surface area contributed by atoms with Crippen LogP contribution < -0.4 is 10.0 Å². The molecule has 0 saturated carbocycles. The summed E-state index contributed by atoms with van der Waals surface area (Å²) in [5.74, 6) is 0.755. The zero-order valence-corrected chi connectivity index (χ0v) is 12.9. The van der Waals surface area contributed by atoms with Gasteiger partial charge in [0.15, 0.2) is 0 Å². The first-order chi connectivity index (χ1) is 10.0. The van der Waals surface area contributed by atoms with Crippen molar-refractivity contribution in [2.24, 2.45) is 7.05 Å². The maximum Gasteiger partial charge on any atom is 0.242 e. The van der Waals surface area contributed by atoms with Gasteiger partial charge in [0.1, 0.15) is 12.2 Å². The van der Waals surface area contributed by atoms with Crippen molar-refractivity contribution in [3.63, 3.8) is 0 Å².